The normalized spacial score (nSPS) is 11.8. The molecule has 150 valence electrons. The van der Waals surface area contributed by atoms with E-state index in [1.165, 1.54) is 11.8 Å². The molecule has 3 aromatic carbocycles. The lowest BCUT2D eigenvalue weighted by Gasteiger charge is -2.15. The van der Waals surface area contributed by atoms with Gasteiger partial charge in [0.25, 0.3) is 5.91 Å². The molecule has 0 fully saturated rings. The fourth-order valence-corrected chi connectivity index (χ4v) is 3.78. The Labute approximate surface area is 175 Å². The van der Waals surface area contributed by atoms with Gasteiger partial charge in [0.1, 0.15) is 0 Å². The van der Waals surface area contributed by atoms with E-state index < -0.39 is 5.97 Å². The molecule has 0 aliphatic heterocycles. The summed E-state index contributed by atoms with van der Waals surface area (Å²) in [7, 11) is 0. The van der Waals surface area contributed by atoms with Crippen LogP contribution in [0.3, 0.4) is 0 Å². The molecule has 0 bridgehead atoms. The standard InChI is InChI=1S/C24H25NO3S/c1-3-17(2)21-10-6-7-11-22(21)25-23(26)15-28-24(27)16-29-20-13-12-18-8-4-5-9-19(18)14-20/h4-14,17H,3,15-16H2,1-2H3,(H,25,26)/t17-/m0/s1. The van der Waals surface area contributed by atoms with Crippen molar-refractivity contribution < 1.29 is 14.3 Å². The maximum Gasteiger partial charge on any atom is 0.316 e. The number of amides is 1. The smallest absolute Gasteiger partial charge is 0.316 e. The van der Waals surface area contributed by atoms with Crippen LogP contribution in [0.2, 0.25) is 0 Å². The maximum atomic E-state index is 12.2. The lowest BCUT2D eigenvalue weighted by atomic mass is 9.97. The van der Waals surface area contributed by atoms with E-state index in [-0.39, 0.29) is 18.3 Å². The molecule has 29 heavy (non-hydrogen) atoms. The Bertz CT molecular complexity index is 1000. The average molecular weight is 408 g/mol. The Kier molecular flexibility index (Phi) is 7.30. The minimum absolute atomic E-state index is 0.162. The average Bonchev–Trinajstić information content (AvgIpc) is 2.76. The molecule has 1 amide bonds. The highest BCUT2D eigenvalue weighted by molar-refractivity contribution is 8.00. The number of carbonyl (C=O) groups is 2. The molecule has 1 atom stereocenters. The lowest BCUT2D eigenvalue weighted by Crippen LogP contribution is -2.22. The number of esters is 1. The van der Waals surface area contributed by atoms with Crippen molar-refractivity contribution in [3.05, 3.63) is 72.3 Å². The number of fused-ring (bicyclic) bond motifs is 1. The van der Waals surface area contributed by atoms with E-state index in [0.29, 0.717) is 5.92 Å². The van der Waals surface area contributed by atoms with Crippen molar-refractivity contribution in [2.24, 2.45) is 0 Å². The second-order valence-corrected chi connectivity index (χ2v) is 7.95. The molecule has 3 aromatic rings. The van der Waals surface area contributed by atoms with Gasteiger partial charge in [-0.1, -0.05) is 62.4 Å². The molecule has 0 heterocycles. The Morgan fingerprint density at radius 3 is 2.52 bits per heavy atom. The van der Waals surface area contributed by atoms with Gasteiger partial charge in [-0.15, -0.1) is 11.8 Å². The summed E-state index contributed by atoms with van der Waals surface area (Å²) in [4.78, 5) is 25.2. The highest BCUT2D eigenvalue weighted by Gasteiger charge is 2.13. The summed E-state index contributed by atoms with van der Waals surface area (Å²) >= 11 is 1.40. The molecule has 0 unspecified atom stereocenters. The number of para-hydroxylation sites is 1. The number of hydrogen-bond acceptors (Lipinski definition) is 4. The second-order valence-electron chi connectivity index (χ2n) is 6.90. The van der Waals surface area contributed by atoms with Crippen molar-refractivity contribution in [3.63, 3.8) is 0 Å². The van der Waals surface area contributed by atoms with Crippen molar-refractivity contribution in [2.75, 3.05) is 17.7 Å². The molecule has 4 nitrogen and oxygen atoms in total. The number of thioether (sulfide) groups is 1. The largest absolute Gasteiger partial charge is 0.455 e. The highest BCUT2D eigenvalue weighted by atomic mass is 32.2. The van der Waals surface area contributed by atoms with Gasteiger partial charge in [0.15, 0.2) is 6.61 Å². The molecule has 5 heteroatoms. The molecule has 0 aromatic heterocycles. The second kappa shape index (κ2) is 10.1. The number of nitrogens with one attached hydrogen (secondary N) is 1. The highest BCUT2D eigenvalue weighted by Crippen LogP contribution is 2.26. The quantitative estimate of drug-likeness (QED) is 0.388. The topological polar surface area (TPSA) is 55.4 Å². The number of ether oxygens (including phenoxy) is 1. The van der Waals surface area contributed by atoms with E-state index in [1.54, 1.807) is 0 Å². The van der Waals surface area contributed by atoms with Gasteiger partial charge < -0.3 is 10.1 Å². The van der Waals surface area contributed by atoms with Crippen LogP contribution in [-0.4, -0.2) is 24.2 Å². The molecule has 0 aliphatic rings. The predicted molar refractivity (Wildman–Crippen MR) is 119 cm³/mol. The van der Waals surface area contributed by atoms with Gasteiger partial charge in [0.05, 0.1) is 5.75 Å². The van der Waals surface area contributed by atoms with E-state index in [2.05, 4.69) is 25.2 Å². The first-order valence-corrected chi connectivity index (χ1v) is 10.7. The van der Waals surface area contributed by atoms with Crippen LogP contribution in [0, 0.1) is 0 Å². The molecule has 0 aliphatic carbocycles. The molecular weight excluding hydrogens is 382 g/mol. The first-order valence-electron chi connectivity index (χ1n) is 9.73. The number of rotatable bonds is 8. The molecular formula is C24H25NO3S. The fourth-order valence-electron chi connectivity index (χ4n) is 3.03. The van der Waals surface area contributed by atoms with Crippen LogP contribution in [0.15, 0.2) is 71.6 Å². The molecule has 0 saturated carbocycles. The maximum absolute atomic E-state index is 12.2. The third-order valence-electron chi connectivity index (χ3n) is 4.82. The van der Waals surface area contributed by atoms with Crippen molar-refractivity contribution in [1.29, 1.82) is 0 Å². The third kappa shape index (κ3) is 5.84. The Morgan fingerprint density at radius 1 is 1.00 bits per heavy atom. The van der Waals surface area contributed by atoms with E-state index in [9.17, 15) is 9.59 Å². The predicted octanol–water partition coefficient (Wildman–Crippen LogP) is 5.63. The SMILES string of the molecule is CC[C@H](C)c1ccccc1NC(=O)COC(=O)CSc1ccc2ccccc2c1. The monoisotopic (exact) mass is 407 g/mol. The number of anilines is 1. The van der Waals surface area contributed by atoms with Crippen LogP contribution in [0.5, 0.6) is 0 Å². The van der Waals surface area contributed by atoms with Crippen molar-refractivity contribution in [1.82, 2.24) is 0 Å². The van der Waals surface area contributed by atoms with E-state index >= 15 is 0 Å². The van der Waals surface area contributed by atoms with Gasteiger partial charge in [-0.3, -0.25) is 9.59 Å². The van der Waals surface area contributed by atoms with Crippen LogP contribution in [-0.2, 0) is 14.3 Å². The molecule has 0 radical (unpaired) electrons. The summed E-state index contributed by atoms with van der Waals surface area (Å²) in [6.07, 6.45) is 0.980. The zero-order chi connectivity index (χ0) is 20.6. The number of carbonyl (C=O) groups excluding carboxylic acids is 2. The summed E-state index contributed by atoms with van der Waals surface area (Å²) in [5.74, 6) is -0.236. The summed E-state index contributed by atoms with van der Waals surface area (Å²) in [5, 5.41) is 5.14. The molecule has 1 N–H and O–H groups in total. The summed E-state index contributed by atoms with van der Waals surface area (Å²) in [6.45, 7) is 3.94. The summed E-state index contributed by atoms with van der Waals surface area (Å²) in [6, 6.07) is 21.9. The van der Waals surface area contributed by atoms with Crippen LogP contribution >= 0.6 is 11.8 Å². The minimum atomic E-state index is -0.409. The van der Waals surface area contributed by atoms with Gasteiger partial charge in [0, 0.05) is 10.6 Å². The molecule has 0 spiro atoms. The summed E-state index contributed by atoms with van der Waals surface area (Å²) < 4.78 is 5.14. The Morgan fingerprint density at radius 2 is 1.72 bits per heavy atom. The first kappa shape index (κ1) is 20.9. The Hall–Kier alpha value is -2.79. The van der Waals surface area contributed by atoms with Crippen molar-refractivity contribution in [3.8, 4) is 0 Å². The van der Waals surface area contributed by atoms with Crippen molar-refractivity contribution >= 4 is 40.1 Å². The third-order valence-corrected chi connectivity index (χ3v) is 5.79. The van der Waals surface area contributed by atoms with E-state index in [0.717, 1.165) is 33.3 Å². The van der Waals surface area contributed by atoms with Crippen LogP contribution in [0.1, 0.15) is 31.7 Å². The number of benzene rings is 3. The summed E-state index contributed by atoms with van der Waals surface area (Å²) in [5.41, 5.74) is 1.86. The zero-order valence-corrected chi connectivity index (χ0v) is 17.5. The fraction of sp³-hybridized carbons (Fsp3) is 0.250. The van der Waals surface area contributed by atoms with Gasteiger partial charge in [-0.2, -0.15) is 0 Å². The molecule has 0 saturated heterocycles. The van der Waals surface area contributed by atoms with Gasteiger partial charge in [-0.05, 0) is 46.9 Å². The first-order chi connectivity index (χ1) is 14.1. The Balaban J connectivity index is 1.48. The zero-order valence-electron chi connectivity index (χ0n) is 16.7. The van der Waals surface area contributed by atoms with Gasteiger partial charge in [0.2, 0.25) is 0 Å². The van der Waals surface area contributed by atoms with Crippen LogP contribution < -0.4 is 5.32 Å². The minimum Gasteiger partial charge on any atom is -0.455 e. The van der Waals surface area contributed by atoms with E-state index in [1.807, 2.05) is 60.7 Å². The number of hydrogen-bond donors (Lipinski definition) is 1. The molecule has 3 rings (SSSR count). The van der Waals surface area contributed by atoms with Crippen LogP contribution in [0.25, 0.3) is 10.8 Å². The van der Waals surface area contributed by atoms with Crippen LogP contribution in [0.4, 0.5) is 5.69 Å². The van der Waals surface area contributed by atoms with Gasteiger partial charge >= 0.3 is 5.97 Å². The van der Waals surface area contributed by atoms with Gasteiger partial charge in [-0.25, -0.2) is 0 Å². The lowest BCUT2D eigenvalue weighted by molar-refractivity contribution is -0.144. The van der Waals surface area contributed by atoms with E-state index in [4.69, 9.17) is 4.74 Å². The van der Waals surface area contributed by atoms with Crippen molar-refractivity contribution in [2.45, 2.75) is 31.1 Å².